The Bertz CT molecular complexity index is 615. The average Bonchev–Trinajstić information content (AvgIpc) is 2.66. The molecule has 1 aromatic carbocycles. The summed E-state index contributed by atoms with van der Waals surface area (Å²) in [6.45, 7) is 4.90. The number of ether oxygens (including phenoxy) is 1. The number of pyridine rings is 1. The number of benzene rings is 1. The van der Waals surface area contributed by atoms with Gasteiger partial charge in [-0.2, -0.15) is 0 Å². The Morgan fingerprint density at radius 3 is 2.67 bits per heavy atom. The van der Waals surface area contributed by atoms with Gasteiger partial charge in [-0.1, -0.05) is 43.3 Å². The van der Waals surface area contributed by atoms with E-state index in [9.17, 15) is 0 Å². The van der Waals surface area contributed by atoms with Gasteiger partial charge in [0.25, 0.3) is 0 Å². The van der Waals surface area contributed by atoms with Crippen molar-refractivity contribution in [1.82, 2.24) is 9.29 Å². The molecule has 3 rings (SSSR count). The molecule has 1 aliphatic rings. The molecule has 2 heterocycles. The summed E-state index contributed by atoms with van der Waals surface area (Å²) in [7, 11) is 0. The van der Waals surface area contributed by atoms with Crippen molar-refractivity contribution < 1.29 is 4.74 Å². The van der Waals surface area contributed by atoms with Gasteiger partial charge in [0.05, 0.1) is 12.7 Å². The van der Waals surface area contributed by atoms with Crippen LogP contribution in [0.15, 0.2) is 48.5 Å². The number of hydrogen-bond donors (Lipinski definition) is 1. The first-order chi connectivity index (χ1) is 11.8. The summed E-state index contributed by atoms with van der Waals surface area (Å²) in [4.78, 5) is 4.57. The molecule has 24 heavy (non-hydrogen) atoms. The molecule has 0 radical (unpaired) electrons. The Kier molecular flexibility index (Phi) is 6.52. The quantitative estimate of drug-likeness (QED) is 0.759. The van der Waals surface area contributed by atoms with Gasteiger partial charge >= 0.3 is 0 Å². The summed E-state index contributed by atoms with van der Waals surface area (Å²) in [5.74, 6) is 0.932. The lowest BCUT2D eigenvalue weighted by atomic mass is 10.1. The molecule has 0 aliphatic carbocycles. The van der Waals surface area contributed by atoms with E-state index in [1.165, 1.54) is 5.56 Å². The van der Waals surface area contributed by atoms with E-state index < -0.39 is 0 Å². The lowest BCUT2D eigenvalue weighted by Gasteiger charge is -2.30. The molecule has 5 heteroatoms. The SMILES string of the molecule is CCc1cccc(NSN2CCC(OCc3ccccc3)CC2)n1. The summed E-state index contributed by atoms with van der Waals surface area (Å²) in [5.41, 5.74) is 2.37. The van der Waals surface area contributed by atoms with Crippen molar-refractivity contribution in [2.24, 2.45) is 0 Å². The molecule has 0 spiro atoms. The van der Waals surface area contributed by atoms with Crippen molar-refractivity contribution in [3.05, 3.63) is 59.8 Å². The van der Waals surface area contributed by atoms with Crippen molar-refractivity contribution in [2.45, 2.75) is 38.9 Å². The van der Waals surface area contributed by atoms with E-state index in [0.717, 1.165) is 43.9 Å². The van der Waals surface area contributed by atoms with Gasteiger partial charge in [0.1, 0.15) is 5.82 Å². The van der Waals surface area contributed by atoms with Crippen LogP contribution < -0.4 is 4.72 Å². The highest BCUT2D eigenvalue weighted by Crippen LogP contribution is 2.22. The zero-order chi connectivity index (χ0) is 16.6. The Hall–Kier alpha value is -1.56. The number of hydrogen-bond acceptors (Lipinski definition) is 5. The average molecular weight is 343 g/mol. The van der Waals surface area contributed by atoms with E-state index in [-0.39, 0.29) is 0 Å². The second-order valence-electron chi connectivity index (χ2n) is 5.99. The second-order valence-corrected chi connectivity index (χ2v) is 6.89. The fraction of sp³-hybridized carbons (Fsp3) is 0.421. The Morgan fingerprint density at radius 1 is 1.12 bits per heavy atom. The van der Waals surface area contributed by atoms with Crippen LogP contribution in [0.25, 0.3) is 0 Å². The number of nitrogens with zero attached hydrogens (tertiary/aromatic N) is 2. The van der Waals surface area contributed by atoms with Gasteiger partial charge in [0.2, 0.25) is 0 Å². The largest absolute Gasteiger partial charge is 0.373 e. The summed E-state index contributed by atoms with van der Waals surface area (Å²) in [6.07, 6.45) is 3.47. The van der Waals surface area contributed by atoms with Crippen LogP contribution in [0.4, 0.5) is 5.82 Å². The van der Waals surface area contributed by atoms with Gasteiger partial charge in [0, 0.05) is 30.9 Å². The summed E-state index contributed by atoms with van der Waals surface area (Å²) >= 11 is 1.65. The zero-order valence-electron chi connectivity index (χ0n) is 14.1. The molecule has 0 amide bonds. The maximum atomic E-state index is 6.04. The summed E-state index contributed by atoms with van der Waals surface area (Å²) in [6, 6.07) is 16.5. The molecule has 1 aromatic heterocycles. The molecular weight excluding hydrogens is 318 g/mol. The third-order valence-electron chi connectivity index (χ3n) is 4.18. The number of aryl methyl sites for hydroxylation is 1. The minimum Gasteiger partial charge on any atom is -0.373 e. The number of rotatable bonds is 7. The fourth-order valence-electron chi connectivity index (χ4n) is 2.72. The fourth-order valence-corrected chi connectivity index (χ4v) is 3.45. The molecular formula is C19H25N3OS. The molecule has 1 aliphatic heterocycles. The van der Waals surface area contributed by atoms with E-state index >= 15 is 0 Å². The van der Waals surface area contributed by atoms with Crippen LogP contribution >= 0.6 is 12.1 Å². The van der Waals surface area contributed by atoms with E-state index in [1.807, 2.05) is 12.1 Å². The molecule has 0 saturated carbocycles. The number of anilines is 1. The predicted molar refractivity (Wildman–Crippen MR) is 101 cm³/mol. The first kappa shape index (κ1) is 17.3. The minimum absolute atomic E-state index is 0.364. The van der Waals surface area contributed by atoms with E-state index in [0.29, 0.717) is 12.7 Å². The molecule has 2 aromatic rings. The van der Waals surface area contributed by atoms with Crippen molar-refractivity contribution in [3.63, 3.8) is 0 Å². The number of nitrogens with one attached hydrogen (secondary N) is 1. The standard InChI is InChI=1S/C19H25N3OS/c1-2-17-9-6-10-19(20-17)21-24-22-13-11-18(12-14-22)23-15-16-7-4-3-5-8-16/h3-10,18H,2,11-15H2,1H3,(H,20,21). The van der Waals surface area contributed by atoms with Crippen LogP contribution in [0.1, 0.15) is 31.0 Å². The molecule has 0 atom stereocenters. The molecule has 1 saturated heterocycles. The first-order valence-corrected chi connectivity index (χ1v) is 9.40. The van der Waals surface area contributed by atoms with Crippen molar-refractivity contribution >= 4 is 18.0 Å². The molecule has 128 valence electrons. The number of aromatic nitrogens is 1. The second kappa shape index (κ2) is 9.06. The highest BCUT2D eigenvalue weighted by Gasteiger charge is 2.20. The molecule has 4 nitrogen and oxygen atoms in total. The van der Waals surface area contributed by atoms with E-state index in [4.69, 9.17) is 4.74 Å². The van der Waals surface area contributed by atoms with Crippen LogP contribution in [-0.4, -0.2) is 28.5 Å². The van der Waals surface area contributed by atoms with Gasteiger partial charge in [-0.15, -0.1) is 0 Å². The predicted octanol–water partition coefficient (Wildman–Crippen LogP) is 4.30. The third kappa shape index (κ3) is 5.23. The first-order valence-electron chi connectivity index (χ1n) is 8.63. The minimum atomic E-state index is 0.364. The monoisotopic (exact) mass is 343 g/mol. The van der Waals surface area contributed by atoms with Gasteiger partial charge in [-0.25, -0.2) is 9.29 Å². The van der Waals surface area contributed by atoms with Gasteiger partial charge in [-0.3, -0.25) is 0 Å². The maximum absolute atomic E-state index is 6.04. The lowest BCUT2D eigenvalue weighted by molar-refractivity contribution is 0.0115. The molecule has 1 fully saturated rings. The third-order valence-corrected chi connectivity index (χ3v) is 5.10. The Labute approximate surface area is 148 Å². The molecule has 0 bridgehead atoms. The Balaban J connectivity index is 1.37. The van der Waals surface area contributed by atoms with Crippen LogP contribution in [0.2, 0.25) is 0 Å². The highest BCUT2D eigenvalue weighted by atomic mass is 32.2. The van der Waals surface area contributed by atoms with Gasteiger partial charge < -0.3 is 9.46 Å². The van der Waals surface area contributed by atoms with Crippen LogP contribution in [-0.2, 0) is 17.8 Å². The topological polar surface area (TPSA) is 37.4 Å². The molecule has 1 N–H and O–H groups in total. The van der Waals surface area contributed by atoms with Crippen molar-refractivity contribution in [1.29, 1.82) is 0 Å². The molecule has 0 unspecified atom stereocenters. The van der Waals surface area contributed by atoms with Crippen LogP contribution in [0.3, 0.4) is 0 Å². The van der Waals surface area contributed by atoms with Crippen molar-refractivity contribution in [2.75, 3.05) is 17.8 Å². The smallest absolute Gasteiger partial charge is 0.137 e. The van der Waals surface area contributed by atoms with Gasteiger partial charge in [0.15, 0.2) is 0 Å². The van der Waals surface area contributed by atoms with E-state index in [1.54, 1.807) is 12.1 Å². The Morgan fingerprint density at radius 2 is 1.92 bits per heavy atom. The lowest BCUT2D eigenvalue weighted by Crippen LogP contribution is -2.33. The number of piperidine rings is 1. The van der Waals surface area contributed by atoms with Crippen LogP contribution in [0, 0.1) is 0 Å². The van der Waals surface area contributed by atoms with Crippen LogP contribution in [0.5, 0.6) is 0 Å². The zero-order valence-corrected chi connectivity index (χ0v) is 15.0. The van der Waals surface area contributed by atoms with E-state index in [2.05, 4.69) is 57.3 Å². The summed E-state index contributed by atoms with van der Waals surface area (Å²) in [5, 5.41) is 0. The maximum Gasteiger partial charge on any atom is 0.137 e. The van der Waals surface area contributed by atoms with Crippen molar-refractivity contribution in [3.8, 4) is 0 Å². The summed E-state index contributed by atoms with van der Waals surface area (Å²) < 4.78 is 11.7. The highest BCUT2D eigenvalue weighted by molar-refractivity contribution is 7.98. The van der Waals surface area contributed by atoms with Gasteiger partial charge in [-0.05, 0) is 37.0 Å². The normalized spacial score (nSPS) is 16.2.